The number of rotatable bonds is 7. The Morgan fingerprint density at radius 3 is 1.46 bits per heavy atom. The Kier molecular flexibility index (Phi) is 11.4. The van der Waals surface area contributed by atoms with Crippen LogP contribution >= 0.6 is 0 Å². The fourth-order valence-corrected chi connectivity index (χ4v) is 9.89. The Morgan fingerprint density at radius 2 is 1.07 bits per heavy atom. The number of hydrogen-bond donors (Lipinski definition) is 5. The van der Waals surface area contributed by atoms with Crippen molar-refractivity contribution in [1.29, 1.82) is 0 Å². The molecule has 366 valence electrons. The first-order chi connectivity index (χ1) is 32.7. The van der Waals surface area contributed by atoms with Crippen LogP contribution in [0.2, 0.25) is 0 Å². The molecule has 6 aliphatic rings. The lowest BCUT2D eigenvalue weighted by Crippen LogP contribution is -2.69. The van der Waals surface area contributed by atoms with Gasteiger partial charge in [-0.05, 0) is 0 Å². The van der Waals surface area contributed by atoms with Crippen molar-refractivity contribution in [2.45, 2.75) is 49.5 Å². The first-order valence-corrected chi connectivity index (χ1v) is 21.1. The average Bonchev–Trinajstić information content (AvgIpc) is 4.11. The number of likely N-dealkylation sites (N-methyl/N-ethyl adjacent to an activating group) is 2. The molecule has 2 aromatic carbocycles. The number of carbonyl (C=O) groups excluding carboxylic acids is 4. The summed E-state index contributed by atoms with van der Waals surface area (Å²) in [6, 6.07) is 1.81. The highest BCUT2D eigenvalue weighted by atomic mass is 19.2. The van der Waals surface area contributed by atoms with Crippen molar-refractivity contribution in [2.24, 2.45) is 0 Å². The van der Waals surface area contributed by atoms with Gasteiger partial charge >= 0.3 is 0 Å². The van der Waals surface area contributed by atoms with E-state index in [1.165, 1.54) is 21.5 Å². The Morgan fingerprint density at radius 1 is 0.681 bits per heavy atom. The van der Waals surface area contributed by atoms with E-state index in [-0.39, 0.29) is 43.4 Å². The number of pyridine rings is 2. The fourth-order valence-electron chi connectivity index (χ4n) is 9.89. The van der Waals surface area contributed by atoms with Crippen LogP contribution in [0.5, 0.6) is 11.5 Å². The van der Waals surface area contributed by atoms with Gasteiger partial charge in [0, 0.05) is 75.4 Å². The highest BCUT2D eigenvalue weighted by molar-refractivity contribution is 6.02. The Labute approximate surface area is 384 Å². The zero-order chi connectivity index (χ0) is 49.8. The van der Waals surface area contributed by atoms with E-state index >= 15 is 0 Å². The van der Waals surface area contributed by atoms with Gasteiger partial charge in [-0.25, -0.2) is 35.7 Å². The van der Waals surface area contributed by atoms with Crippen molar-refractivity contribution < 1.29 is 75.1 Å². The van der Waals surface area contributed by atoms with Crippen LogP contribution in [0.25, 0.3) is 0 Å². The molecular weight excluding hydrogens is 935 g/mol. The van der Waals surface area contributed by atoms with Gasteiger partial charge in [0.15, 0.2) is 34.2 Å². The molecule has 0 radical (unpaired) electrons. The Bertz CT molecular complexity index is 2980. The third-order valence-electron chi connectivity index (χ3n) is 13.4. The molecule has 5 N–H and O–H groups in total. The molecular formula is C43H40F6N8O12. The van der Waals surface area contributed by atoms with Crippen molar-refractivity contribution >= 4 is 23.6 Å². The van der Waals surface area contributed by atoms with Gasteiger partial charge in [0.1, 0.15) is 58.2 Å². The fraction of sp³-hybridized carbons (Fsp3) is 0.395. The minimum Gasteiger partial charge on any atom is -0.502 e. The summed E-state index contributed by atoms with van der Waals surface area (Å²) in [7, 11) is 4.21. The third kappa shape index (κ3) is 6.89. The summed E-state index contributed by atoms with van der Waals surface area (Å²) in [4.78, 5) is 81.5. The summed E-state index contributed by atoms with van der Waals surface area (Å²) in [5, 5.41) is 40.0. The number of nitrogens with zero attached hydrogens (tertiary/aromatic N) is 6. The number of aromatic nitrogens is 2. The Balaban J connectivity index is 0.000000172. The second-order valence-electron chi connectivity index (χ2n) is 16.9. The summed E-state index contributed by atoms with van der Waals surface area (Å²) in [6.07, 6.45) is -1.95. The van der Waals surface area contributed by atoms with E-state index in [2.05, 4.69) is 10.6 Å². The molecule has 4 unspecified atom stereocenters. The Hall–Kier alpha value is -7.16. The molecule has 0 saturated carbocycles. The van der Waals surface area contributed by atoms with Crippen LogP contribution in [-0.4, -0.2) is 130 Å². The number of nitrogens with one attached hydrogen (secondary N) is 2. The van der Waals surface area contributed by atoms with E-state index in [0.717, 1.165) is 11.8 Å². The molecule has 26 heteroatoms. The zero-order valence-electron chi connectivity index (χ0n) is 36.5. The van der Waals surface area contributed by atoms with Gasteiger partial charge in [0.2, 0.25) is 10.9 Å². The molecule has 20 nitrogen and oxygen atoms in total. The SMILES string of the molecule is CN1C(=O)c2c(O)c(=O)c(C(=O)NCc3c(F)cc(F)cc3F)c3n2N(CC3O)C12CCOC2.COc1c2n3c(c(C(=O)NCc4c(F)cc(F)cc4F)c1=O)C(O)CN3C1(CCOC1)N(C)C2=O. The quantitative estimate of drug-likeness (QED) is 0.159. The van der Waals surface area contributed by atoms with Crippen molar-refractivity contribution in [3.8, 4) is 11.5 Å². The predicted molar refractivity (Wildman–Crippen MR) is 221 cm³/mol. The van der Waals surface area contributed by atoms with E-state index in [0.29, 0.717) is 50.3 Å². The van der Waals surface area contributed by atoms with Gasteiger partial charge in [0.05, 0.1) is 58.0 Å². The molecule has 0 bridgehead atoms. The maximum absolute atomic E-state index is 14.0. The van der Waals surface area contributed by atoms with Crippen molar-refractivity contribution in [1.82, 2.24) is 29.8 Å². The van der Waals surface area contributed by atoms with Crippen LogP contribution in [-0.2, 0) is 22.6 Å². The predicted octanol–water partition coefficient (Wildman–Crippen LogP) is 0.480. The summed E-state index contributed by atoms with van der Waals surface area (Å²) in [5.74, 6) is -12.0. The number of carbonyl (C=O) groups is 4. The first-order valence-electron chi connectivity index (χ1n) is 21.1. The molecule has 6 aliphatic heterocycles. The van der Waals surface area contributed by atoms with Gasteiger partial charge in [0.25, 0.3) is 23.6 Å². The van der Waals surface area contributed by atoms with Gasteiger partial charge in [-0.15, -0.1) is 0 Å². The van der Waals surface area contributed by atoms with E-state index in [4.69, 9.17) is 14.2 Å². The van der Waals surface area contributed by atoms with Crippen LogP contribution in [0.4, 0.5) is 26.3 Å². The van der Waals surface area contributed by atoms with E-state index in [1.54, 1.807) is 17.1 Å². The number of aliphatic hydroxyl groups excluding tert-OH is 2. The summed E-state index contributed by atoms with van der Waals surface area (Å²) in [5.41, 5.74) is -7.56. The van der Waals surface area contributed by atoms with Gasteiger partial charge in [-0.1, -0.05) is 0 Å². The smallest absolute Gasteiger partial charge is 0.278 e. The lowest BCUT2D eigenvalue weighted by atomic mass is 10.0. The zero-order valence-corrected chi connectivity index (χ0v) is 36.5. The molecule has 2 saturated heterocycles. The molecule has 10 rings (SSSR count). The van der Waals surface area contributed by atoms with Crippen LogP contribution in [0.3, 0.4) is 0 Å². The molecule has 2 fully saturated rings. The van der Waals surface area contributed by atoms with E-state index in [1.807, 2.05) is 0 Å². The van der Waals surface area contributed by atoms with Gasteiger partial charge in [-0.3, -0.25) is 38.8 Å². The molecule has 4 atom stereocenters. The summed E-state index contributed by atoms with van der Waals surface area (Å²) < 4.78 is 101. The monoisotopic (exact) mass is 974 g/mol. The minimum absolute atomic E-state index is 0.0535. The number of hydrogen-bond acceptors (Lipinski definition) is 14. The molecule has 2 aromatic heterocycles. The number of aliphatic hydroxyl groups is 2. The largest absolute Gasteiger partial charge is 0.502 e. The number of amides is 4. The third-order valence-corrected chi connectivity index (χ3v) is 13.4. The summed E-state index contributed by atoms with van der Waals surface area (Å²) >= 11 is 0. The average molecular weight is 975 g/mol. The maximum Gasteiger partial charge on any atom is 0.278 e. The van der Waals surface area contributed by atoms with Crippen LogP contribution in [0, 0.1) is 34.9 Å². The summed E-state index contributed by atoms with van der Waals surface area (Å²) in [6.45, 7) is -0.688. The molecule has 4 aromatic rings. The maximum atomic E-state index is 14.0. The highest BCUT2D eigenvalue weighted by Gasteiger charge is 2.58. The van der Waals surface area contributed by atoms with E-state index < -0.39 is 145 Å². The second kappa shape index (κ2) is 16.8. The van der Waals surface area contributed by atoms with Gasteiger partial charge in [-0.2, -0.15) is 0 Å². The molecule has 8 heterocycles. The van der Waals surface area contributed by atoms with E-state index in [9.17, 15) is 70.4 Å². The van der Waals surface area contributed by atoms with Crippen LogP contribution in [0.1, 0.15) is 89.3 Å². The highest BCUT2D eigenvalue weighted by Crippen LogP contribution is 2.44. The molecule has 0 aliphatic carbocycles. The normalized spacial score (nSPS) is 22.9. The standard InChI is InChI=1S/C22H21F3N4O6.C21H19F3N4O6/c1-27-21(33)17-19(34-2)18(31)15(20(32)26-7-11-12(24)5-10(23)6-13(11)25)16-14(30)8-28(29(16)17)22(27)3-4-35-9-22;1-26-20(33)16-18(31)17(30)14(19(32)25-6-10-11(23)4-9(22)5-12(10)24)15-13(29)7-27(28(15)16)21(26)2-3-34-8-21/h5-6,14,30H,3-4,7-9H2,1-2H3,(H,26,32);4-5,13,29,31H,2-3,6-8H2,1H3,(H,25,32). The number of ether oxygens (including phenoxy) is 3. The number of halogens is 6. The van der Waals surface area contributed by atoms with Crippen molar-refractivity contribution in [2.75, 3.05) is 70.7 Å². The number of methoxy groups -OCH3 is 1. The second-order valence-corrected chi connectivity index (χ2v) is 16.9. The lowest BCUT2D eigenvalue weighted by molar-refractivity contribution is 0.0307. The molecule has 4 amide bonds. The lowest BCUT2D eigenvalue weighted by Gasteiger charge is -2.50. The van der Waals surface area contributed by atoms with Crippen molar-refractivity contribution in [3.05, 3.63) is 125 Å². The number of benzene rings is 2. The van der Waals surface area contributed by atoms with Gasteiger partial charge < -0.3 is 50.0 Å². The first kappa shape index (κ1) is 46.9. The minimum atomic E-state index is -1.40. The molecule has 2 spiro atoms. The number of aromatic hydroxyl groups is 1. The topological polar surface area (TPSA) is 238 Å². The number of fused-ring (bicyclic) bond motifs is 2. The molecule has 69 heavy (non-hydrogen) atoms. The van der Waals surface area contributed by atoms with Crippen molar-refractivity contribution in [3.63, 3.8) is 0 Å². The van der Waals surface area contributed by atoms with Crippen LogP contribution < -0.4 is 36.2 Å². The van der Waals surface area contributed by atoms with Crippen LogP contribution in [0.15, 0.2) is 33.9 Å².